The molecule has 1 amide bonds. The van der Waals surface area contributed by atoms with E-state index < -0.39 is 29.5 Å². The third-order valence-corrected chi connectivity index (χ3v) is 6.11. The van der Waals surface area contributed by atoms with Gasteiger partial charge in [0.1, 0.15) is 28.6 Å². The van der Waals surface area contributed by atoms with Gasteiger partial charge >= 0.3 is 5.97 Å². The highest BCUT2D eigenvalue weighted by Gasteiger charge is 2.47. The van der Waals surface area contributed by atoms with Crippen LogP contribution in [0.1, 0.15) is 22.7 Å². The van der Waals surface area contributed by atoms with Crippen LogP contribution in [0.25, 0.3) is 5.76 Å². The third kappa shape index (κ3) is 4.71. The summed E-state index contributed by atoms with van der Waals surface area (Å²) >= 11 is 0. The van der Waals surface area contributed by atoms with Crippen LogP contribution < -0.4 is 14.4 Å². The molecule has 9 nitrogen and oxygen atoms in total. The molecule has 2 N–H and O–H groups in total. The van der Waals surface area contributed by atoms with Gasteiger partial charge in [-0.1, -0.05) is 30.3 Å². The van der Waals surface area contributed by atoms with E-state index in [1.807, 2.05) is 0 Å². The van der Waals surface area contributed by atoms with Crippen molar-refractivity contribution in [3.05, 3.63) is 89.0 Å². The Morgan fingerprint density at radius 3 is 2.03 bits per heavy atom. The van der Waals surface area contributed by atoms with Crippen LogP contribution in [0.3, 0.4) is 0 Å². The van der Waals surface area contributed by atoms with Crippen molar-refractivity contribution in [2.75, 3.05) is 26.2 Å². The first-order valence-corrected chi connectivity index (χ1v) is 11.3. The van der Waals surface area contributed by atoms with E-state index in [1.54, 1.807) is 54.6 Å². The number of aliphatic hydroxyl groups is 1. The standard InChI is InChI=1S/C28H25NO8/c1-35-20-5-4-6-21(36-2)23(20)26(32)24-25(17-9-13-19(30)14-10-17)29(28(34)27(24)33)18-11-7-16(8-12-18)15-22(31)37-3/h4-14,25,30,32H,15H2,1-3H3/b26-24+. The molecular formula is C28H25NO8. The maximum absolute atomic E-state index is 13.4. The Kier molecular flexibility index (Phi) is 7.15. The van der Waals surface area contributed by atoms with Crippen molar-refractivity contribution in [1.82, 2.24) is 0 Å². The topological polar surface area (TPSA) is 123 Å². The second kappa shape index (κ2) is 10.4. The van der Waals surface area contributed by atoms with E-state index in [0.717, 1.165) is 0 Å². The number of phenols is 1. The van der Waals surface area contributed by atoms with Gasteiger partial charge in [0.15, 0.2) is 0 Å². The number of aromatic hydroxyl groups is 1. The Bertz CT molecular complexity index is 1350. The van der Waals surface area contributed by atoms with Crippen LogP contribution in [0.5, 0.6) is 17.2 Å². The number of nitrogens with zero attached hydrogens (tertiary/aromatic N) is 1. The Morgan fingerprint density at radius 2 is 1.49 bits per heavy atom. The first kappa shape index (κ1) is 25.3. The Balaban J connectivity index is 1.91. The molecule has 9 heteroatoms. The van der Waals surface area contributed by atoms with E-state index >= 15 is 0 Å². The van der Waals surface area contributed by atoms with Crippen LogP contribution in [0.15, 0.2) is 72.3 Å². The van der Waals surface area contributed by atoms with Crippen molar-refractivity contribution in [2.24, 2.45) is 0 Å². The van der Waals surface area contributed by atoms with Crippen molar-refractivity contribution < 1.29 is 38.8 Å². The number of phenolic OH excluding ortho intramolecular Hbond substituents is 1. The van der Waals surface area contributed by atoms with Gasteiger partial charge in [0, 0.05) is 5.69 Å². The van der Waals surface area contributed by atoms with Gasteiger partial charge in [-0.25, -0.2) is 0 Å². The maximum Gasteiger partial charge on any atom is 0.309 e. The Labute approximate surface area is 213 Å². The van der Waals surface area contributed by atoms with Gasteiger partial charge in [0.25, 0.3) is 11.7 Å². The number of esters is 1. The van der Waals surface area contributed by atoms with E-state index in [9.17, 15) is 24.6 Å². The molecule has 190 valence electrons. The van der Waals surface area contributed by atoms with E-state index in [0.29, 0.717) is 16.8 Å². The molecule has 4 rings (SSSR count). The van der Waals surface area contributed by atoms with E-state index in [2.05, 4.69) is 0 Å². The number of hydrogen-bond donors (Lipinski definition) is 2. The predicted octanol–water partition coefficient (Wildman–Crippen LogP) is 3.75. The van der Waals surface area contributed by atoms with Crippen LogP contribution in [-0.2, 0) is 25.5 Å². The van der Waals surface area contributed by atoms with Crippen molar-refractivity contribution in [1.29, 1.82) is 0 Å². The lowest BCUT2D eigenvalue weighted by molar-refractivity contribution is -0.139. The lowest BCUT2D eigenvalue weighted by Crippen LogP contribution is -2.29. The Hall–Kier alpha value is -4.79. The van der Waals surface area contributed by atoms with Crippen LogP contribution >= 0.6 is 0 Å². The van der Waals surface area contributed by atoms with Gasteiger partial charge in [0.2, 0.25) is 0 Å². The van der Waals surface area contributed by atoms with E-state index in [1.165, 1.54) is 38.4 Å². The summed E-state index contributed by atoms with van der Waals surface area (Å²) in [5.41, 5.74) is 1.47. The highest BCUT2D eigenvalue weighted by atomic mass is 16.5. The number of hydrogen-bond acceptors (Lipinski definition) is 8. The summed E-state index contributed by atoms with van der Waals surface area (Å²) in [7, 11) is 4.12. The van der Waals surface area contributed by atoms with Gasteiger partial charge in [-0.3, -0.25) is 19.3 Å². The summed E-state index contributed by atoms with van der Waals surface area (Å²) in [5, 5.41) is 21.3. The fourth-order valence-corrected chi connectivity index (χ4v) is 4.30. The first-order valence-electron chi connectivity index (χ1n) is 11.3. The second-order valence-electron chi connectivity index (χ2n) is 8.22. The molecule has 1 atom stereocenters. The second-order valence-corrected chi connectivity index (χ2v) is 8.22. The third-order valence-electron chi connectivity index (χ3n) is 6.11. The maximum atomic E-state index is 13.4. The summed E-state index contributed by atoms with van der Waals surface area (Å²) in [6.45, 7) is 0. The molecule has 0 bridgehead atoms. The summed E-state index contributed by atoms with van der Waals surface area (Å²) in [4.78, 5) is 39.7. The molecule has 0 aromatic heterocycles. The number of anilines is 1. The number of carbonyl (C=O) groups excluding carboxylic acids is 3. The zero-order valence-corrected chi connectivity index (χ0v) is 20.4. The molecule has 0 aliphatic carbocycles. The number of aliphatic hydroxyl groups excluding tert-OH is 1. The number of ether oxygens (including phenoxy) is 3. The molecule has 37 heavy (non-hydrogen) atoms. The van der Waals surface area contributed by atoms with Crippen LogP contribution in [0.4, 0.5) is 5.69 Å². The number of benzene rings is 3. The molecule has 0 radical (unpaired) electrons. The molecule has 1 unspecified atom stereocenters. The largest absolute Gasteiger partial charge is 0.508 e. The average molecular weight is 504 g/mol. The first-order chi connectivity index (χ1) is 17.8. The Morgan fingerprint density at radius 1 is 0.892 bits per heavy atom. The SMILES string of the molecule is COC(=O)Cc1ccc(N2C(=O)C(=O)/C(=C(/O)c3c(OC)cccc3OC)C2c2ccc(O)cc2)cc1. The van der Waals surface area contributed by atoms with Crippen LogP contribution in [0.2, 0.25) is 0 Å². The predicted molar refractivity (Wildman–Crippen MR) is 135 cm³/mol. The minimum Gasteiger partial charge on any atom is -0.508 e. The normalized spacial score (nSPS) is 16.5. The number of carbonyl (C=O) groups is 3. The molecule has 1 saturated heterocycles. The van der Waals surface area contributed by atoms with Crippen molar-refractivity contribution in [2.45, 2.75) is 12.5 Å². The van der Waals surface area contributed by atoms with Crippen molar-refractivity contribution in [3.8, 4) is 17.2 Å². The molecule has 1 aliphatic heterocycles. The van der Waals surface area contributed by atoms with Crippen LogP contribution in [-0.4, -0.2) is 49.2 Å². The van der Waals surface area contributed by atoms with Gasteiger partial charge < -0.3 is 24.4 Å². The zero-order valence-electron chi connectivity index (χ0n) is 20.4. The molecular weight excluding hydrogens is 478 g/mol. The monoisotopic (exact) mass is 503 g/mol. The smallest absolute Gasteiger partial charge is 0.309 e. The number of amides is 1. The number of rotatable bonds is 7. The van der Waals surface area contributed by atoms with Gasteiger partial charge in [0.05, 0.1) is 39.4 Å². The summed E-state index contributed by atoms with van der Waals surface area (Å²) in [6, 6.07) is 16.4. The van der Waals surface area contributed by atoms with Crippen molar-refractivity contribution in [3.63, 3.8) is 0 Å². The van der Waals surface area contributed by atoms with Crippen LogP contribution in [0, 0.1) is 0 Å². The van der Waals surface area contributed by atoms with E-state index in [-0.39, 0.29) is 34.8 Å². The average Bonchev–Trinajstić information content (AvgIpc) is 3.18. The van der Waals surface area contributed by atoms with E-state index in [4.69, 9.17) is 14.2 Å². The minimum atomic E-state index is -1.03. The minimum absolute atomic E-state index is 0.000683. The van der Waals surface area contributed by atoms with Gasteiger partial charge in [-0.2, -0.15) is 0 Å². The van der Waals surface area contributed by atoms with Crippen molar-refractivity contribution >= 4 is 29.1 Å². The number of ketones is 1. The summed E-state index contributed by atoms with van der Waals surface area (Å²) < 4.78 is 15.5. The van der Waals surface area contributed by atoms with Gasteiger partial charge in [-0.05, 0) is 47.5 Å². The summed E-state index contributed by atoms with van der Waals surface area (Å²) in [5.74, 6) is -2.13. The molecule has 1 fully saturated rings. The number of Topliss-reactive ketones (excluding diaryl/α,β-unsaturated/α-hetero) is 1. The van der Waals surface area contributed by atoms with Gasteiger partial charge in [-0.15, -0.1) is 0 Å². The molecule has 0 saturated carbocycles. The molecule has 3 aromatic rings. The quantitative estimate of drug-likeness (QED) is 0.216. The fraction of sp³-hybridized carbons (Fsp3) is 0.179. The highest BCUT2D eigenvalue weighted by Crippen LogP contribution is 2.45. The lowest BCUT2D eigenvalue weighted by atomic mass is 9.94. The highest BCUT2D eigenvalue weighted by molar-refractivity contribution is 6.51. The fourth-order valence-electron chi connectivity index (χ4n) is 4.30. The molecule has 3 aromatic carbocycles. The zero-order chi connectivity index (χ0) is 26.7. The molecule has 0 spiro atoms. The summed E-state index contributed by atoms with van der Waals surface area (Å²) in [6.07, 6.45) is 0.0462. The number of methoxy groups -OCH3 is 3. The molecule has 1 aliphatic rings. The lowest BCUT2D eigenvalue weighted by Gasteiger charge is -2.26. The molecule has 1 heterocycles.